The van der Waals surface area contributed by atoms with Gasteiger partial charge in [0.25, 0.3) is 0 Å². The fraction of sp³-hybridized carbons (Fsp3) is 0. The highest BCUT2D eigenvalue weighted by atomic mass is 79.9. The number of aromatic nitrogens is 2. The van der Waals surface area contributed by atoms with Gasteiger partial charge in [-0.25, -0.2) is 18.7 Å². The maximum absolute atomic E-state index is 13.0. The third-order valence-electron chi connectivity index (χ3n) is 1.95. The Bertz CT molecular complexity index is 496. The maximum Gasteiger partial charge on any atom is 0.161 e. The van der Waals surface area contributed by atoms with Crippen molar-refractivity contribution in [3.8, 4) is 11.4 Å². The van der Waals surface area contributed by atoms with Crippen molar-refractivity contribution >= 4 is 21.7 Å². The molecule has 0 unspecified atom stereocenters. The predicted molar refractivity (Wildman–Crippen MR) is 59.5 cm³/mol. The molecule has 0 fully saturated rings. The lowest BCUT2D eigenvalue weighted by molar-refractivity contribution is 0.509. The van der Waals surface area contributed by atoms with E-state index in [9.17, 15) is 8.78 Å². The minimum atomic E-state index is -0.942. The Morgan fingerprint density at radius 2 is 1.94 bits per heavy atom. The van der Waals surface area contributed by atoms with Crippen LogP contribution in [0.25, 0.3) is 11.4 Å². The Morgan fingerprint density at radius 1 is 1.19 bits per heavy atom. The monoisotopic (exact) mass is 285 g/mol. The summed E-state index contributed by atoms with van der Waals surface area (Å²) in [5.74, 6) is -1.36. The third-order valence-corrected chi connectivity index (χ3v) is 2.56. The second-order valence-corrected chi connectivity index (χ2v) is 3.91. The first kappa shape index (κ1) is 10.9. The highest BCUT2D eigenvalue weighted by Gasteiger charge is 2.08. The topological polar surface area (TPSA) is 51.8 Å². The van der Waals surface area contributed by atoms with Crippen molar-refractivity contribution in [3.63, 3.8) is 0 Å². The van der Waals surface area contributed by atoms with Crippen LogP contribution >= 0.6 is 15.9 Å². The van der Waals surface area contributed by atoms with E-state index in [0.717, 1.165) is 12.1 Å². The molecular weight excluding hydrogens is 280 g/mol. The predicted octanol–water partition coefficient (Wildman–Crippen LogP) is 2.77. The van der Waals surface area contributed by atoms with E-state index in [1.807, 2.05) is 0 Å². The van der Waals surface area contributed by atoms with E-state index < -0.39 is 11.6 Å². The number of nitrogens with zero attached hydrogens (tertiary/aromatic N) is 2. The quantitative estimate of drug-likeness (QED) is 0.877. The van der Waals surface area contributed by atoms with Crippen molar-refractivity contribution in [1.82, 2.24) is 9.97 Å². The summed E-state index contributed by atoms with van der Waals surface area (Å²) >= 11 is 3.14. The van der Waals surface area contributed by atoms with E-state index in [4.69, 9.17) is 5.73 Å². The number of benzene rings is 1. The molecule has 82 valence electrons. The molecule has 3 nitrogen and oxygen atoms in total. The second kappa shape index (κ2) is 4.13. The van der Waals surface area contributed by atoms with Gasteiger partial charge in [0.2, 0.25) is 0 Å². The average Bonchev–Trinajstić information content (AvgIpc) is 2.26. The van der Waals surface area contributed by atoms with Gasteiger partial charge in [0.05, 0.1) is 4.47 Å². The fourth-order valence-electron chi connectivity index (χ4n) is 1.15. The molecule has 0 saturated carbocycles. The van der Waals surface area contributed by atoms with Crippen LogP contribution < -0.4 is 5.73 Å². The zero-order valence-electron chi connectivity index (χ0n) is 7.92. The molecule has 0 atom stereocenters. The van der Waals surface area contributed by atoms with Gasteiger partial charge in [-0.1, -0.05) is 0 Å². The van der Waals surface area contributed by atoms with E-state index >= 15 is 0 Å². The largest absolute Gasteiger partial charge is 0.383 e. The summed E-state index contributed by atoms with van der Waals surface area (Å²) in [4.78, 5) is 7.90. The number of halogens is 3. The van der Waals surface area contributed by atoms with Gasteiger partial charge in [-0.3, -0.25) is 0 Å². The number of hydrogen-bond donors (Lipinski definition) is 1. The first-order valence-electron chi connectivity index (χ1n) is 4.31. The Balaban J connectivity index is 2.50. The number of nitrogen functional groups attached to an aromatic ring is 1. The van der Waals surface area contributed by atoms with Crippen molar-refractivity contribution in [2.45, 2.75) is 0 Å². The highest BCUT2D eigenvalue weighted by Crippen LogP contribution is 2.22. The maximum atomic E-state index is 13.0. The molecule has 0 radical (unpaired) electrons. The smallest absolute Gasteiger partial charge is 0.161 e. The molecule has 0 bridgehead atoms. The third kappa shape index (κ3) is 2.01. The lowest BCUT2D eigenvalue weighted by atomic mass is 10.2. The van der Waals surface area contributed by atoms with Crippen LogP contribution in [-0.2, 0) is 0 Å². The Hall–Kier alpha value is -1.56. The van der Waals surface area contributed by atoms with Crippen molar-refractivity contribution in [2.75, 3.05) is 5.73 Å². The molecule has 2 N–H and O–H groups in total. The molecule has 0 aliphatic rings. The minimum Gasteiger partial charge on any atom is -0.383 e. The van der Waals surface area contributed by atoms with Gasteiger partial charge in [0, 0.05) is 11.8 Å². The van der Waals surface area contributed by atoms with Crippen molar-refractivity contribution in [2.24, 2.45) is 0 Å². The molecule has 6 heteroatoms. The van der Waals surface area contributed by atoms with Crippen LogP contribution in [-0.4, -0.2) is 9.97 Å². The van der Waals surface area contributed by atoms with Crippen LogP contribution in [0.3, 0.4) is 0 Å². The first-order valence-corrected chi connectivity index (χ1v) is 5.10. The molecule has 0 aliphatic carbocycles. The highest BCUT2D eigenvalue weighted by molar-refractivity contribution is 9.10. The van der Waals surface area contributed by atoms with Gasteiger partial charge in [-0.05, 0) is 34.1 Å². The van der Waals surface area contributed by atoms with Crippen LogP contribution in [0.2, 0.25) is 0 Å². The van der Waals surface area contributed by atoms with Crippen molar-refractivity contribution in [1.29, 1.82) is 0 Å². The molecule has 0 aliphatic heterocycles. The number of nitrogens with two attached hydrogens (primary N) is 1. The van der Waals surface area contributed by atoms with E-state index in [1.165, 1.54) is 12.3 Å². The molecule has 1 aromatic heterocycles. The second-order valence-electron chi connectivity index (χ2n) is 3.06. The lowest BCUT2D eigenvalue weighted by Gasteiger charge is -2.02. The summed E-state index contributed by atoms with van der Waals surface area (Å²) in [6, 6.07) is 3.44. The molecule has 0 amide bonds. The summed E-state index contributed by atoms with van der Waals surface area (Å²) in [7, 11) is 0. The summed E-state index contributed by atoms with van der Waals surface area (Å²) in [5, 5.41) is 0. The van der Waals surface area contributed by atoms with Crippen LogP contribution in [0.1, 0.15) is 0 Å². The van der Waals surface area contributed by atoms with E-state index in [0.29, 0.717) is 10.0 Å². The summed E-state index contributed by atoms with van der Waals surface area (Å²) in [6.45, 7) is 0. The van der Waals surface area contributed by atoms with Gasteiger partial charge in [-0.2, -0.15) is 0 Å². The molecule has 1 heterocycles. The SMILES string of the molecule is Nc1nc(-c2ccc(F)c(F)c2)ncc1Br. The van der Waals surface area contributed by atoms with Crippen LogP contribution in [0.5, 0.6) is 0 Å². The van der Waals surface area contributed by atoms with Crippen LogP contribution in [0.4, 0.5) is 14.6 Å². The summed E-state index contributed by atoms with van der Waals surface area (Å²) in [6.07, 6.45) is 1.46. The van der Waals surface area contributed by atoms with E-state index in [2.05, 4.69) is 25.9 Å². The van der Waals surface area contributed by atoms with Gasteiger partial charge in [0.15, 0.2) is 17.5 Å². The van der Waals surface area contributed by atoms with Gasteiger partial charge < -0.3 is 5.73 Å². The Morgan fingerprint density at radius 3 is 2.56 bits per heavy atom. The summed E-state index contributed by atoms with van der Waals surface area (Å²) < 4.78 is 26.2. The Kier molecular flexibility index (Phi) is 2.82. The van der Waals surface area contributed by atoms with Crippen molar-refractivity contribution < 1.29 is 8.78 Å². The Labute approximate surface area is 98.5 Å². The number of anilines is 1. The van der Waals surface area contributed by atoms with Crippen LogP contribution in [0, 0.1) is 11.6 Å². The normalized spacial score (nSPS) is 10.4. The average molecular weight is 286 g/mol. The van der Waals surface area contributed by atoms with E-state index in [-0.39, 0.29) is 11.6 Å². The molecule has 0 saturated heterocycles. The zero-order valence-corrected chi connectivity index (χ0v) is 9.50. The van der Waals surface area contributed by atoms with Crippen LogP contribution in [0.15, 0.2) is 28.9 Å². The number of hydrogen-bond acceptors (Lipinski definition) is 3. The number of rotatable bonds is 1. The molecule has 0 spiro atoms. The molecular formula is C10H6BrF2N3. The van der Waals surface area contributed by atoms with Gasteiger partial charge in [0.1, 0.15) is 5.82 Å². The molecule has 2 aromatic rings. The lowest BCUT2D eigenvalue weighted by Crippen LogP contribution is -1.97. The summed E-state index contributed by atoms with van der Waals surface area (Å²) in [5.41, 5.74) is 5.93. The fourth-order valence-corrected chi connectivity index (χ4v) is 1.35. The van der Waals surface area contributed by atoms with Gasteiger partial charge >= 0.3 is 0 Å². The zero-order chi connectivity index (χ0) is 11.7. The van der Waals surface area contributed by atoms with Crippen molar-refractivity contribution in [3.05, 3.63) is 40.5 Å². The molecule has 16 heavy (non-hydrogen) atoms. The van der Waals surface area contributed by atoms with Gasteiger partial charge in [-0.15, -0.1) is 0 Å². The minimum absolute atomic E-state index is 0.245. The first-order chi connectivity index (χ1) is 7.58. The molecule has 1 aromatic carbocycles. The van der Waals surface area contributed by atoms with E-state index in [1.54, 1.807) is 0 Å². The standard InChI is InChI=1S/C10H6BrF2N3/c11-6-4-15-10(16-9(6)14)5-1-2-7(12)8(13)3-5/h1-4H,(H2,14,15,16). The molecule has 2 rings (SSSR count).